The van der Waals surface area contributed by atoms with Gasteiger partial charge in [0.1, 0.15) is 0 Å². The van der Waals surface area contributed by atoms with Crippen LogP contribution in [0, 0.1) is 17.2 Å². The Kier molecular flexibility index (Phi) is 3.97. The Morgan fingerprint density at radius 2 is 2.54 bits per heavy atom. The van der Waals surface area contributed by atoms with Gasteiger partial charge in [0.25, 0.3) is 0 Å². The molecule has 3 nitrogen and oxygen atoms in total. The van der Waals surface area contributed by atoms with Crippen LogP contribution < -0.4 is 0 Å². The number of halogens is 1. The number of nitrogens with zero attached hydrogens (tertiary/aromatic N) is 3. The van der Waals surface area contributed by atoms with E-state index in [1.54, 1.807) is 6.20 Å². The van der Waals surface area contributed by atoms with Crippen LogP contribution in [0.25, 0.3) is 0 Å². The first-order valence-electron chi connectivity index (χ1n) is 4.20. The van der Waals surface area contributed by atoms with Crippen LogP contribution in [0.2, 0.25) is 0 Å². The van der Waals surface area contributed by atoms with Crippen molar-refractivity contribution in [2.75, 3.05) is 5.33 Å². The first-order chi connectivity index (χ1) is 6.27. The predicted molar refractivity (Wildman–Crippen MR) is 54.4 cm³/mol. The van der Waals surface area contributed by atoms with Crippen LogP contribution >= 0.6 is 15.9 Å². The zero-order valence-electron chi connectivity index (χ0n) is 7.57. The fourth-order valence-corrected chi connectivity index (χ4v) is 1.61. The highest BCUT2D eigenvalue weighted by atomic mass is 79.9. The number of rotatable bonds is 4. The summed E-state index contributed by atoms with van der Waals surface area (Å²) in [6, 6.07) is 4.25. The largest absolute Gasteiger partial charge is 0.273 e. The molecule has 0 N–H and O–H groups in total. The molecule has 0 spiro atoms. The quantitative estimate of drug-likeness (QED) is 0.756. The molecule has 0 aromatic carbocycles. The maximum atomic E-state index is 8.72. The van der Waals surface area contributed by atoms with Crippen molar-refractivity contribution in [1.82, 2.24) is 9.78 Å². The third-order valence-electron chi connectivity index (χ3n) is 2.04. The molecule has 0 saturated carbocycles. The van der Waals surface area contributed by atoms with Gasteiger partial charge in [0.15, 0.2) is 0 Å². The zero-order valence-corrected chi connectivity index (χ0v) is 9.16. The van der Waals surface area contributed by atoms with Crippen molar-refractivity contribution in [1.29, 1.82) is 5.26 Å². The molecule has 0 fully saturated rings. The summed E-state index contributed by atoms with van der Waals surface area (Å²) in [6.07, 6.45) is 3.59. The van der Waals surface area contributed by atoms with Crippen LogP contribution in [0.5, 0.6) is 0 Å². The number of aromatic nitrogens is 2. The molecular formula is C9H12BrN3. The highest BCUT2D eigenvalue weighted by Gasteiger charge is 2.06. The molecule has 1 aromatic heterocycles. The van der Waals surface area contributed by atoms with Gasteiger partial charge in [-0.15, -0.1) is 0 Å². The van der Waals surface area contributed by atoms with Crippen LogP contribution in [0.15, 0.2) is 12.3 Å². The van der Waals surface area contributed by atoms with Gasteiger partial charge in [-0.3, -0.25) is 4.68 Å². The van der Waals surface area contributed by atoms with Gasteiger partial charge in [0.2, 0.25) is 0 Å². The maximum absolute atomic E-state index is 8.72. The van der Waals surface area contributed by atoms with Crippen LogP contribution in [0.1, 0.15) is 12.1 Å². The fraction of sp³-hybridized carbons (Fsp3) is 0.556. The maximum Gasteiger partial charge on any atom is 0.0664 e. The summed E-state index contributed by atoms with van der Waals surface area (Å²) in [5.74, 6) is 0.106. The molecule has 0 saturated heterocycles. The Hall–Kier alpha value is -0.820. The Morgan fingerprint density at radius 3 is 3.00 bits per heavy atom. The first kappa shape index (κ1) is 10.3. The molecule has 70 valence electrons. The molecular weight excluding hydrogens is 230 g/mol. The minimum absolute atomic E-state index is 0.106. The van der Waals surface area contributed by atoms with Crippen molar-refractivity contribution in [2.45, 2.75) is 12.8 Å². The molecule has 0 aliphatic carbocycles. The summed E-state index contributed by atoms with van der Waals surface area (Å²) in [4.78, 5) is 0. The van der Waals surface area contributed by atoms with E-state index in [1.807, 2.05) is 17.8 Å². The van der Waals surface area contributed by atoms with E-state index in [1.165, 1.54) is 5.69 Å². The molecule has 0 aliphatic rings. The lowest BCUT2D eigenvalue weighted by Gasteiger charge is -2.04. The summed E-state index contributed by atoms with van der Waals surface area (Å²) in [5, 5.41) is 13.5. The Morgan fingerprint density at radius 1 is 1.77 bits per heavy atom. The fourth-order valence-electron chi connectivity index (χ4n) is 1.14. The van der Waals surface area contributed by atoms with E-state index in [9.17, 15) is 0 Å². The predicted octanol–water partition coefficient (Wildman–Crippen LogP) is 1.89. The molecule has 1 aromatic rings. The summed E-state index contributed by atoms with van der Waals surface area (Å²) in [6.45, 7) is 0. The Labute approximate surface area is 86.5 Å². The van der Waals surface area contributed by atoms with Crippen LogP contribution in [-0.2, 0) is 13.5 Å². The SMILES string of the molecule is Cn1nccc1CCC(C#N)CBr. The highest BCUT2D eigenvalue weighted by Crippen LogP contribution is 2.10. The van der Waals surface area contributed by atoms with Gasteiger partial charge in [-0.2, -0.15) is 10.4 Å². The monoisotopic (exact) mass is 241 g/mol. The van der Waals surface area contributed by atoms with E-state index in [0.717, 1.165) is 18.2 Å². The highest BCUT2D eigenvalue weighted by molar-refractivity contribution is 9.09. The minimum Gasteiger partial charge on any atom is -0.273 e. The molecule has 0 bridgehead atoms. The van der Waals surface area contributed by atoms with Crippen molar-refractivity contribution < 1.29 is 0 Å². The lowest BCUT2D eigenvalue weighted by atomic mass is 10.1. The number of alkyl halides is 1. The second-order valence-electron chi connectivity index (χ2n) is 2.97. The molecule has 4 heteroatoms. The third kappa shape index (κ3) is 2.85. The number of hydrogen-bond donors (Lipinski definition) is 0. The van der Waals surface area contributed by atoms with Gasteiger partial charge in [-0.1, -0.05) is 15.9 Å². The van der Waals surface area contributed by atoms with E-state index in [2.05, 4.69) is 27.1 Å². The molecule has 0 aliphatic heterocycles. The summed E-state index contributed by atoms with van der Waals surface area (Å²) in [5.41, 5.74) is 1.18. The van der Waals surface area contributed by atoms with Gasteiger partial charge in [-0.25, -0.2) is 0 Å². The standard InChI is InChI=1S/C9H12BrN3/c1-13-9(4-5-12-13)3-2-8(6-10)7-11/h4-5,8H,2-3,6H2,1H3. The Balaban J connectivity index is 2.44. The topological polar surface area (TPSA) is 41.6 Å². The van der Waals surface area contributed by atoms with E-state index in [4.69, 9.17) is 5.26 Å². The van der Waals surface area contributed by atoms with E-state index >= 15 is 0 Å². The van der Waals surface area contributed by atoms with E-state index < -0.39 is 0 Å². The molecule has 1 atom stereocenters. The lowest BCUT2D eigenvalue weighted by Crippen LogP contribution is -2.04. The van der Waals surface area contributed by atoms with Gasteiger partial charge in [-0.05, 0) is 18.9 Å². The smallest absolute Gasteiger partial charge is 0.0664 e. The van der Waals surface area contributed by atoms with Gasteiger partial charge >= 0.3 is 0 Å². The van der Waals surface area contributed by atoms with Crippen molar-refractivity contribution in [2.24, 2.45) is 13.0 Å². The third-order valence-corrected chi connectivity index (χ3v) is 2.82. The number of nitriles is 1. The molecule has 1 heterocycles. The number of aryl methyl sites for hydroxylation is 2. The Bertz CT molecular complexity index is 300. The summed E-state index contributed by atoms with van der Waals surface area (Å²) in [7, 11) is 1.92. The van der Waals surface area contributed by atoms with Crippen molar-refractivity contribution in [3.8, 4) is 6.07 Å². The second kappa shape index (κ2) is 5.03. The average molecular weight is 242 g/mol. The van der Waals surface area contributed by atoms with Crippen LogP contribution in [-0.4, -0.2) is 15.1 Å². The molecule has 1 rings (SSSR count). The van der Waals surface area contributed by atoms with Gasteiger partial charge in [0, 0.05) is 24.3 Å². The van der Waals surface area contributed by atoms with Gasteiger partial charge < -0.3 is 0 Å². The van der Waals surface area contributed by atoms with Crippen LogP contribution in [0.3, 0.4) is 0 Å². The zero-order chi connectivity index (χ0) is 9.68. The first-order valence-corrected chi connectivity index (χ1v) is 5.32. The summed E-state index contributed by atoms with van der Waals surface area (Å²) < 4.78 is 1.85. The molecule has 13 heavy (non-hydrogen) atoms. The average Bonchev–Trinajstić information content (AvgIpc) is 2.54. The second-order valence-corrected chi connectivity index (χ2v) is 3.61. The van der Waals surface area contributed by atoms with E-state index in [0.29, 0.717) is 0 Å². The molecule has 1 unspecified atom stereocenters. The normalized spacial score (nSPS) is 12.4. The van der Waals surface area contributed by atoms with Crippen molar-refractivity contribution >= 4 is 15.9 Å². The lowest BCUT2D eigenvalue weighted by molar-refractivity contribution is 0.626. The van der Waals surface area contributed by atoms with Gasteiger partial charge in [0.05, 0.1) is 12.0 Å². The molecule has 0 radical (unpaired) electrons. The summed E-state index contributed by atoms with van der Waals surface area (Å²) >= 11 is 3.31. The molecule has 0 amide bonds. The van der Waals surface area contributed by atoms with E-state index in [-0.39, 0.29) is 5.92 Å². The van der Waals surface area contributed by atoms with Crippen molar-refractivity contribution in [3.05, 3.63) is 18.0 Å². The minimum atomic E-state index is 0.106. The van der Waals surface area contributed by atoms with Crippen molar-refractivity contribution in [3.63, 3.8) is 0 Å². The number of hydrogen-bond acceptors (Lipinski definition) is 2. The van der Waals surface area contributed by atoms with Crippen LogP contribution in [0.4, 0.5) is 0 Å².